The van der Waals surface area contributed by atoms with E-state index in [1.54, 1.807) is 13.2 Å². The van der Waals surface area contributed by atoms with Crippen molar-refractivity contribution >= 4 is 29.0 Å². The van der Waals surface area contributed by atoms with E-state index in [0.29, 0.717) is 29.0 Å². The first-order valence-electron chi connectivity index (χ1n) is 8.74. The molecular weight excluding hydrogens is 394 g/mol. The number of para-hydroxylation sites is 1. The molecule has 1 aromatic heterocycles. The number of nitro benzene ring substituents is 1. The molecule has 1 heterocycles. The lowest BCUT2D eigenvalue weighted by Crippen LogP contribution is -2.12. The lowest BCUT2D eigenvalue weighted by Gasteiger charge is -2.09. The summed E-state index contributed by atoms with van der Waals surface area (Å²) in [5.74, 6) is 0.904. The molecule has 0 bridgehead atoms. The molecule has 150 valence electrons. The van der Waals surface area contributed by atoms with Crippen LogP contribution in [-0.2, 0) is 16.1 Å². The molecule has 3 aromatic rings. The third-order valence-corrected chi connectivity index (χ3v) is 4.82. The van der Waals surface area contributed by atoms with Gasteiger partial charge in [0.1, 0.15) is 6.61 Å². The summed E-state index contributed by atoms with van der Waals surface area (Å²) < 4.78 is 7.09. The molecule has 29 heavy (non-hydrogen) atoms. The number of ether oxygens (including phenoxy) is 1. The maximum Gasteiger partial charge on any atom is 0.271 e. The van der Waals surface area contributed by atoms with Crippen molar-refractivity contribution in [3.05, 3.63) is 70.5 Å². The van der Waals surface area contributed by atoms with Crippen molar-refractivity contribution in [2.75, 3.05) is 18.2 Å². The van der Waals surface area contributed by atoms with Crippen LogP contribution in [0.25, 0.3) is 5.69 Å². The zero-order valence-corrected chi connectivity index (χ0v) is 16.5. The van der Waals surface area contributed by atoms with Crippen LogP contribution in [0.1, 0.15) is 12.2 Å². The summed E-state index contributed by atoms with van der Waals surface area (Å²) in [7, 11) is 1.59. The molecule has 0 aliphatic rings. The molecule has 3 rings (SSSR count). The molecule has 2 aromatic carbocycles. The van der Waals surface area contributed by atoms with Crippen LogP contribution in [-0.4, -0.2) is 38.5 Å². The SMILES string of the molecule is COCc1nnc(SCCC(=O)Nc2cccc([N+](=O)[O-])c2)n1-c1ccccc1. The Hall–Kier alpha value is -3.24. The first kappa shape index (κ1) is 20.5. The van der Waals surface area contributed by atoms with Gasteiger partial charge in [-0.3, -0.25) is 19.5 Å². The molecule has 0 aliphatic heterocycles. The number of nitrogens with one attached hydrogen (secondary N) is 1. The Morgan fingerprint density at radius 1 is 1.21 bits per heavy atom. The van der Waals surface area contributed by atoms with Crippen LogP contribution < -0.4 is 5.32 Å². The summed E-state index contributed by atoms with van der Waals surface area (Å²) in [4.78, 5) is 22.5. The van der Waals surface area contributed by atoms with Crippen molar-refractivity contribution in [2.24, 2.45) is 0 Å². The van der Waals surface area contributed by atoms with E-state index in [-0.39, 0.29) is 18.0 Å². The van der Waals surface area contributed by atoms with Gasteiger partial charge in [-0.15, -0.1) is 10.2 Å². The van der Waals surface area contributed by atoms with E-state index in [1.807, 2.05) is 34.9 Å². The molecule has 0 spiro atoms. The number of hydrogen-bond donors (Lipinski definition) is 1. The van der Waals surface area contributed by atoms with Gasteiger partial charge in [0.25, 0.3) is 5.69 Å². The number of non-ortho nitro benzene ring substituents is 1. The molecule has 0 radical (unpaired) electrons. The molecule has 1 N–H and O–H groups in total. The number of thioether (sulfide) groups is 1. The standard InChI is InChI=1S/C19H19N5O4S/c1-28-13-17-21-22-19(23(17)15-7-3-2-4-8-15)29-11-10-18(25)20-14-6-5-9-16(12-14)24(26)27/h2-9,12H,10-11,13H2,1H3,(H,20,25). The predicted octanol–water partition coefficient (Wildman–Crippen LogP) is 3.44. The number of methoxy groups -OCH3 is 1. The highest BCUT2D eigenvalue weighted by Gasteiger charge is 2.15. The Morgan fingerprint density at radius 3 is 2.72 bits per heavy atom. The Balaban J connectivity index is 1.62. The number of aromatic nitrogens is 3. The first-order chi connectivity index (χ1) is 14.1. The Kier molecular flexibility index (Phi) is 6.93. The van der Waals surface area contributed by atoms with E-state index in [1.165, 1.54) is 30.0 Å². The van der Waals surface area contributed by atoms with Crippen LogP contribution in [0.15, 0.2) is 59.8 Å². The number of carbonyl (C=O) groups excluding carboxylic acids is 1. The predicted molar refractivity (Wildman–Crippen MR) is 109 cm³/mol. The molecule has 1 amide bonds. The topological polar surface area (TPSA) is 112 Å². The average Bonchev–Trinajstić information content (AvgIpc) is 3.11. The Bertz CT molecular complexity index is 993. The van der Waals surface area contributed by atoms with Crippen molar-refractivity contribution < 1.29 is 14.5 Å². The average molecular weight is 413 g/mol. The highest BCUT2D eigenvalue weighted by Crippen LogP contribution is 2.23. The van der Waals surface area contributed by atoms with Crippen molar-refractivity contribution in [1.29, 1.82) is 0 Å². The third kappa shape index (κ3) is 5.39. The number of rotatable bonds is 9. The quantitative estimate of drug-likeness (QED) is 0.325. The van der Waals surface area contributed by atoms with E-state index in [9.17, 15) is 14.9 Å². The largest absolute Gasteiger partial charge is 0.377 e. The van der Waals surface area contributed by atoms with Crippen molar-refractivity contribution in [3.8, 4) is 5.69 Å². The van der Waals surface area contributed by atoms with E-state index in [0.717, 1.165) is 5.69 Å². The molecule has 0 unspecified atom stereocenters. The van der Waals surface area contributed by atoms with Gasteiger partial charge in [-0.1, -0.05) is 36.0 Å². The van der Waals surface area contributed by atoms with Gasteiger partial charge in [-0.05, 0) is 18.2 Å². The molecule has 9 nitrogen and oxygen atoms in total. The van der Waals surface area contributed by atoms with Crippen LogP contribution in [0.2, 0.25) is 0 Å². The second kappa shape index (κ2) is 9.80. The number of hydrogen-bond acceptors (Lipinski definition) is 7. The van der Waals surface area contributed by atoms with Gasteiger partial charge in [0.15, 0.2) is 11.0 Å². The fourth-order valence-electron chi connectivity index (χ4n) is 2.61. The number of amides is 1. The molecule has 0 saturated heterocycles. The van der Waals surface area contributed by atoms with Gasteiger partial charge in [0.2, 0.25) is 5.91 Å². The maximum atomic E-state index is 12.2. The summed E-state index contributed by atoms with van der Waals surface area (Å²) in [6.45, 7) is 0.315. The molecule has 10 heteroatoms. The van der Waals surface area contributed by atoms with Crippen LogP contribution in [0.5, 0.6) is 0 Å². The van der Waals surface area contributed by atoms with Crippen LogP contribution >= 0.6 is 11.8 Å². The number of carbonyl (C=O) groups is 1. The van der Waals surface area contributed by atoms with Gasteiger partial charge in [-0.25, -0.2) is 0 Å². The minimum atomic E-state index is -0.500. The van der Waals surface area contributed by atoms with Crippen LogP contribution in [0.4, 0.5) is 11.4 Å². The Labute approximate surface area is 171 Å². The van der Waals surface area contributed by atoms with E-state index in [4.69, 9.17) is 4.74 Å². The summed E-state index contributed by atoms with van der Waals surface area (Å²) in [5, 5.41) is 22.6. The molecular formula is C19H19N5O4S. The fourth-order valence-corrected chi connectivity index (χ4v) is 3.52. The highest BCUT2D eigenvalue weighted by atomic mass is 32.2. The van der Waals surface area contributed by atoms with E-state index in [2.05, 4.69) is 15.5 Å². The number of nitro groups is 1. The summed E-state index contributed by atoms with van der Waals surface area (Å²) in [5.41, 5.74) is 1.23. The van der Waals surface area contributed by atoms with Gasteiger partial charge in [-0.2, -0.15) is 0 Å². The number of anilines is 1. The number of nitrogens with zero attached hydrogens (tertiary/aromatic N) is 4. The second-order valence-electron chi connectivity index (χ2n) is 5.96. The van der Waals surface area contributed by atoms with Crippen LogP contribution in [0.3, 0.4) is 0 Å². The minimum absolute atomic E-state index is 0.0705. The monoisotopic (exact) mass is 413 g/mol. The normalized spacial score (nSPS) is 10.7. The smallest absolute Gasteiger partial charge is 0.271 e. The number of benzene rings is 2. The second-order valence-corrected chi connectivity index (χ2v) is 7.02. The summed E-state index contributed by atoms with van der Waals surface area (Å²) in [6.07, 6.45) is 0.217. The molecule has 0 saturated carbocycles. The minimum Gasteiger partial charge on any atom is -0.377 e. The Morgan fingerprint density at radius 2 is 2.00 bits per heavy atom. The highest BCUT2D eigenvalue weighted by molar-refractivity contribution is 7.99. The van der Waals surface area contributed by atoms with Gasteiger partial charge in [0.05, 0.1) is 4.92 Å². The van der Waals surface area contributed by atoms with E-state index < -0.39 is 4.92 Å². The first-order valence-corrected chi connectivity index (χ1v) is 9.73. The lowest BCUT2D eigenvalue weighted by atomic mass is 10.3. The molecule has 0 atom stereocenters. The zero-order valence-electron chi connectivity index (χ0n) is 15.6. The van der Waals surface area contributed by atoms with Gasteiger partial charge in [0, 0.05) is 42.8 Å². The van der Waals surface area contributed by atoms with Crippen molar-refractivity contribution in [2.45, 2.75) is 18.2 Å². The fraction of sp³-hybridized carbons (Fsp3) is 0.211. The lowest BCUT2D eigenvalue weighted by molar-refractivity contribution is -0.384. The third-order valence-electron chi connectivity index (χ3n) is 3.89. The maximum absolute atomic E-state index is 12.2. The summed E-state index contributed by atoms with van der Waals surface area (Å²) >= 11 is 1.40. The zero-order chi connectivity index (χ0) is 20.6. The molecule has 0 aliphatic carbocycles. The van der Waals surface area contributed by atoms with E-state index >= 15 is 0 Å². The molecule has 0 fully saturated rings. The van der Waals surface area contributed by atoms with Gasteiger partial charge < -0.3 is 10.1 Å². The summed E-state index contributed by atoms with van der Waals surface area (Å²) in [6, 6.07) is 15.5. The van der Waals surface area contributed by atoms with Crippen molar-refractivity contribution in [1.82, 2.24) is 14.8 Å². The van der Waals surface area contributed by atoms with Crippen LogP contribution in [0, 0.1) is 10.1 Å². The van der Waals surface area contributed by atoms with Crippen molar-refractivity contribution in [3.63, 3.8) is 0 Å². The van der Waals surface area contributed by atoms with Gasteiger partial charge >= 0.3 is 0 Å².